The minimum absolute atomic E-state index is 0.0442. The van der Waals surface area contributed by atoms with Crippen LogP contribution >= 0.6 is 0 Å². The molecule has 1 aromatic rings. The van der Waals surface area contributed by atoms with Crippen molar-refractivity contribution in [2.24, 2.45) is 11.3 Å². The van der Waals surface area contributed by atoms with Crippen LogP contribution in [0, 0.1) is 11.3 Å². The topological polar surface area (TPSA) is 88.7 Å². The minimum atomic E-state index is -0.616. The van der Waals surface area contributed by atoms with Crippen molar-refractivity contribution >= 4 is 11.8 Å². The predicted molar refractivity (Wildman–Crippen MR) is 109 cm³/mol. The van der Waals surface area contributed by atoms with Crippen molar-refractivity contribution in [1.82, 2.24) is 16.0 Å². The van der Waals surface area contributed by atoms with Gasteiger partial charge in [0.2, 0.25) is 5.91 Å². The molecule has 1 aliphatic heterocycles. The SMILES string of the molecule is COc1cc(OC)cc(C(=O)NC(C(=O)NCC2(C)CCNCC2)C(C)C)c1. The predicted octanol–water partition coefficient (Wildman–Crippen LogP) is 1.96. The van der Waals surface area contributed by atoms with Crippen LogP contribution in [0.4, 0.5) is 0 Å². The van der Waals surface area contributed by atoms with Gasteiger partial charge in [-0.05, 0) is 49.4 Å². The van der Waals surface area contributed by atoms with E-state index in [0.717, 1.165) is 25.9 Å². The maximum Gasteiger partial charge on any atom is 0.252 e. The van der Waals surface area contributed by atoms with Gasteiger partial charge in [0.1, 0.15) is 17.5 Å². The highest BCUT2D eigenvalue weighted by atomic mass is 16.5. The Kier molecular flexibility index (Phi) is 7.69. The monoisotopic (exact) mass is 391 g/mol. The molecule has 1 aromatic carbocycles. The van der Waals surface area contributed by atoms with E-state index >= 15 is 0 Å². The number of benzene rings is 1. The van der Waals surface area contributed by atoms with E-state index in [0.29, 0.717) is 23.6 Å². The van der Waals surface area contributed by atoms with Crippen LogP contribution < -0.4 is 25.4 Å². The number of carbonyl (C=O) groups is 2. The minimum Gasteiger partial charge on any atom is -0.497 e. The standard InChI is InChI=1S/C21H33N3O4/c1-14(2)18(20(26)23-13-21(3)6-8-22-9-7-21)24-19(25)15-10-16(27-4)12-17(11-15)28-5/h10-12,14,18,22H,6-9,13H2,1-5H3,(H,23,26)(H,24,25). The summed E-state index contributed by atoms with van der Waals surface area (Å²) >= 11 is 0. The normalized spacial score (nSPS) is 16.9. The maximum atomic E-state index is 12.8. The summed E-state index contributed by atoms with van der Waals surface area (Å²) in [6.45, 7) is 8.58. The van der Waals surface area contributed by atoms with Crippen LogP contribution in [-0.4, -0.2) is 51.7 Å². The first-order chi connectivity index (χ1) is 13.3. The molecule has 7 nitrogen and oxygen atoms in total. The van der Waals surface area contributed by atoms with E-state index in [1.165, 1.54) is 14.2 Å². The number of hydrogen-bond donors (Lipinski definition) is 3. The lowest BCUT2D eigenvalue weighted by molar-refractivity contribution is -0.124. The summed E-state index contributed by atoms with van der Waals surface area (Å²) in [5, 5.41) is 9.25. The summed E-state index contributed by atoms with van der Waals surface area (Å²) in [6, 6.07) is 4.34. The number of piperidine rings is 1. The number of ether oxygens (including phenoxy) is 2. The fourth-order valence-electron chi connectivity index (χ4n) is 3.32. The molecular formula is C21H33N3O4. The quantitative estimate of drug-likeness (QED) is 0.630. The molecule has 0 spiro atoms. The van der Waals surface area contributed by atoms with E-state index in [1.807, 2.05) is 13.8 Å². The Hall–Kier alpha value is -2.28. The lowest BCUT2D eigenvalue weighted by Gasteiger charge is -2.35. The first kappa shape index (κ1) is 22.0. The van der Waals surface area contributed by atoms with Crippen LogP contribution in [0.15, 0.2) is 18.2 Å². The smallest absolute Gasteiger partial charge is 0.252 e. The fourth-order valence-corrected chi connectivity index (χ4v) is 3.32. The highest BCUT2D eigenvalue weighted by Crippen LogP contribution is 2.27. The third-order valence-corrected chi connectivity index (χ3v) is 5.35. The van der Waals surface area contributed by atoms with E-state index in [4.69, 9.17) is 9.47 Å². The second-order valence-electron chi connectivity index (χ2n) is 8.07. The zero-order valence-electron chi connectivity index (χ0n) is 17.6. The number of amides is 2. The Morgan fingerprint density at radius 2 is 1.68 bits per heavy atom. The zero-order chi connectivity index (χ0) is 20.7. The summed E-state index contributed by atoms with van der Waals surface area (Å²) < 4.78 is 10.4. The van der Waals surface area contributed by atoms with Gasteiger partial charge in [-0.15, -0.1) is 0 Å². The van der Waals surface area contributed by atoms with Crippen molar-refractivity contribution in [2.75, 3.05) is 33.9 Å². The van der Waals surface area contributed by atoms with E-state index < -0.39 is 6.04 Å². The molecular weight excluding hydrogens is 358 g/mol. The van der Waals surface area contributed by atoms with Gasteiger partial charge in [-0.2, -0.15) is 0 Å². The molecule has 0 aliphatic carbocycles. The van der Waals surface area contributed by atoms with Crippen LogP contribution in [0.3, 0.4) is 0 Å². The van der Waals surface area contributed by atoms with Crippen LogP contribution in [0.1, 0.15) is 44.0 Å². The Morgan fingerprint density at radius 3 is 2.18 bits per heavy atom. The second-order valence-corrected chi connectivity index (χ2v) is 8.07. The summed E-state index contributed by atoms with van der Waals surface area (Å²) in [4.78, 5) is 25.6. The number of methoxy groups -OCH3 is 2. The molecule has 0 saturated carbocycles. The van der Waals surface area contributed by atoms with Gasteiger partial charge in [0.25, 0.3) is 5.91 Å². The Labute approximate surface area is 167 Å². The number of carbonyl (C=O) groups excluding carboxylic acids is 2. The van der Waals surface area contributed by atoms with Gasteiger partial charge < -0.3 is 25.4 Å². The van der Waals surface area contributed by atoms with Crippen LogP contribution in [0.5, 0.6) is 11.5 Å². The highest BCUT2D eigenvalue weighted by molar-refractivity contribution is 5.98. The van der Waals surface area contributed by atoms with Gasteiger partial charge in [0.15, 0.2) is 0 Å². The summed E-state index contributed by atoms with van der Waals surface area (Å²) in [6.07, 6.45) is 2.05. The molecule has 0 radical (unpaired) electrons. The van der Waals surface area contributed by atoms with Gasteiger partial charge in [-0.3, -0.25) is 9.59 Å². The van der Waals surface area contributed by atoms with Gasteiger partial charge in [0.05, 0.1) is 14.2 Å². The molecule has 7 heteroatoms. The van der Waals surface area contributed by atoms with Crippen molar-refractivity contribution in [3.63, 3.8) is 0 Å². The molecule has 1 atom stereocenters. The molecule has 1 heterocycles. The lowest BCUT2D eigenvalue weighted by Crippen LogP contribution is -2.52. The van der Waals surface area contributed by atoms with E-state index in [2.05, 4.69) is 22.9 Å². The van der Waals surface area contributed by atoms with Gasteiger partial charge >= 0.3 is 0 Å². The Morgan fingerprint density at radius 1 is 1.11 bits per heavy atom. The third kappa shape index (κ3) is 5.86. The van der Waals surface area contributed by atoms with Crippen LogP contribution in [0.2, 0.25) is 0 Å². The molecule has 156 valence electrons. The second kappa shape index (κ2) is 9.78. The maximum absolute atomic E-state index is 12.8. The van der Waals surface area contributed by atoms with Crippen molar-refractivity contribution < 1.29 is 19.1 Å². The van der Waals surface area contributed by atoms with Crippen molar-refractivity contribution in [3.8, 4) is 11.5 Å². The number of hydrogen-bond acceptors (Lipinski definition) is 5. The zero-order valence-corrected chi connectivity index (χ0v) is 17.6. The van der Waals surface area contributed by atoms with E-state index in [1.54, 1.807) is 18.2 Å². The van der Waals surface area contributed by atoms with Crippen LogP contribution in [0.25, 0.3) is 0 Å². The Bertz CT molecular complexity index is 662. The number of nitrogens with one attached hydrogen (secondary N) is 3. The largest absolute Gasteiger partial charge is 0.497 e. The lowest BCUT2D eigenvalue weighted by atomic mass is 9.81. The molecule has 1 saturated heterocycles. The fraction of sp³-hybridized carbons (Fsp3) is 0.619. The third-order valence-electron chi connectivity index (χ3n) is 5.35. The molecule has 1 fully saturated rings. The molecule has 1 aliphatic rings. The molecule has 1 unspecified atom stereocenters. The molecule has 0 aromatic heterocycles. The summed E-state index contributed by atoms with van der Waals surface area (Å²) in [5.41, 5.74) is 0.479. The van der Waals surface area contributed by atoms with Gasteiger partial charge in [-0.1, -0.05) is 20.8 Å². The average Bonchev–Trinajstić information content (AvgIpc) is 2.69. The van der Waals surface area contributed by atoms with Crippen molar-refractivity contribution in [1.29, 1.82) is 0 Å². The molecule has 28 heavy (non-hydrogen) atoms. The van der Waals surface area contributed by atoms with Crippen LogP contribution in [-0.2, 0) is 4.79 Å². The first-order valence-corrected chi connectivity index (χ1v) is 9.80. The molecule has 3 N–H and O–H groups in total. The van der Waals surface area contributed by atoms with E-state index in [-0.39, 0.29) is 23.1 Å². The Balaban J connectivity index is 2.05. The highest BCUT2D eigenvalue weighted by Gasteiger charge is 2.30. The van der Waals surface area contributed by atoms with Crippen molar-refractivity contribution in [2.45, 2.75) is 39.7 Å². The number of rotatable bonds is 8. The van der Waals surface area contributed by atoms with Gasteiger partial charge in [-0.25, -0.2) is 0 Å². The molecule has 0 bridgehead atoms. The molecule has 2 rings (SSSR count). The average molecular weight is 392 g/mol. The van der Waals surface area contributed by atoms with Gasteiger partial charge in [0, 0.05) is 18.2 Å². The van der Waals surface area contributed by atoms with Crippen molar-refractivity contribution in [3.05, 3.63) is 23.8 Å². The summed E-state index contributed by atoms with van der Waals surface area (Å²) in [5.74, 6) is 0.511. The van der Waals surface area contributed by atoms with E-state index in [9.17, 15) is 9.59 Å². The molecule has 2 amide bonds. The summed E-state index contributed by atoms with van der Waals surface area (Å²) in [7, 11) is 3.06. The first-order valence-electron chi connectivity index (χ1n) is 9.80.